The summed E-state index contributed by atoms with van der Waals surface area (Å²) in [6.45, 7) is 1.05. The van der Waals surface area contributed by atoms with Crippen molar-refractivity contribution in [2.75, 3.05) is 18.1 Å². The van der Waals surface area contributed by atoms with E-state index in [1.165, 1.54) is 0 Å². The van der Waals surface area contributed by atoms with Gasteiger partial charge in [-0.1, -0.05) is 24.3 Å². The fourth-order valence-electron chi connectivity index (χ4n) is 3.79. The zero-order chi connectivity index (χ0) is 17.4. The van der Waals surface area contributed by atoms with Crippen LogP contribution in [-0.4, -0.2) is 25.0 Å². The second-order valence-electron chi connectivity index (χ2n) is 6.58. The van der Waals surface area contributed by atoms with E-state index in [1.54, 1.807) is 17.0 Å². The molecule has 0 saturated heterocycles. The molecule has 0 aliphatic carbocycles. The van der Waals surface area contributed by atoms with Gasteiger partial charge in [-0.2, -0.15) is 0 Å². The number of ether oxygens (including phenoxy) is 1. The molecule has 0 fully saturated rings. The number of primary amides is 1. The van der Waals surface area contributed by atoms with Crippen LogP contribution in [0.15, 0.2) is 42.5 Å². The summed E-state index contributed by atoms with van der Waals surface area (Å²) in [5.74, 6) is 0.262. The number of anilines is 1. The van der Waals surface area contributed by atoms with Crippen LogP contribution in [0.1, 0.15) is 27.9 Å². The first-order valence-electron chi connectivity index (χ1n) is 8.59. The third-order valence-corrected chi connectivity index (χ3v) is 5.01. The maximum absolute atomic E-state index is 13.1. The van der Waals surface area contributed by atoms with Crippen molar-refractivity contribution in [1.29, 1.82) is 0 Å². The van der Waals surface area contributed by atoms with Gasteiger partial charge in [0.25, 0.3) is 0 Å². The lowest BCUT2D eigenvalue weighted by atomic mass is 9.92. The molecule has 5 heteroatoms. The average Bonchev–Trinajstić information content (AvgIpc) is 2.66. The first kappa shape index (κ1) is 15.7. The van der Waals surface area contributed by atoms with Crippen molar-refractivity contribution >= 4 is 17.5 Å². The molecule has 0 bridgehead atoms. The third kappa shape index (κ3) is 2.76. The highest BCUT2D eigenvalue weighted by atomic mass is 16.5. The van der Waals surface area contributed by atoms with E-state index in [4.69, 9.17) is 10.5 Å². The van der Waals surface area contributed by atoms with E-state index < -0.39 is 5.91 Å². The van der Waals surface area contributed by atoms with Crippen LogP contribution in [0.3, 0.4) is 0 Å². The molecule has 5 nitrogen and oxygen atoms in total. The smallest absolute Gasteiger partial charge is 0.249 e. The maximum Gasteiger partial charge on any atom is 0.249 e. The molecule has 2 aromatic carbocycles. The Hall–Kier alpha value is -2.82. The highest BCUT2D eigenvalue weighted by Crippen LogP contribution is 2.33. The Morgan fingerprint density at radius 2 is 1.96 bits per heavy atom. The number of hydrogen-bond acceptors (Lipinski definition) is 3. The Morgan fingerprint density at radius 1 is 1.12 bits per heavy atom. The zero-order valence-corrected chi connectivity index (χ0v) is 13.9. The molecule has 0 unspecified atom stereocenters. The van der Waals surface area contributed by atoms with Gasteiger partial charge in [0.1, 0.15) is 12.4 Å². The Labute approximate surface area is 146 Å². The van der Waals surface area contributed by atoms with E-state index in [9.17, 15) is 9.59 Å². The van der Waals surface area contributed by atoms with Crippen LogP contribution < -0.4 is 15.4 Å². The fourth-order valence-corrected chi connectivity index (χ4v) is 3.79. The van der Waals surface area contributed by atoms with Gasteiger partial charge in [0, 0.05) is 17.8 Å². The Balaban J connectivity index is 1.63. The summed E-state index contributed by atoms with van der Waals surface area (Å²) in [5.41, 5.74) is 8.76. The molecule has 2 amide bonds. The SMILES string of the molecule is NC(=O)c1cccc2c1CCCN2C(=O)[C@H]1COc2ccccc2C1. The summed E-state index contributed by atoms with van der Waals surface area (Å²) >= 11 is 0. The summed E-state index contributed by atoms with van der Waals surface area (Å²) in [5, 5.41) is 0. The minimum atomic E-state index is -0.443. The van der Waals surface area contributed by atoms with Crippen LogP contribution in [0, 0.1) is 5.92 Å². The van der Waals surface area contributed by atoms with E-state index in [0.717, 1.165) is 35.4 Å². The molecule has 0 aromatic heterocycles. The molecule has 2 aromatic rings. The molecule has 0 radical (unpaired) electrons. The number of hydrogen-bond donors (Lipinski definition) is 1. The number of nitrogens with two attached hydrogens (primary N) is 1. The van der Waals surface area contributed by atoms with E-state index in [2.05, 4.69) is 0 Å². The molecule has 0 spiro atoms. The lowest BCUT2D eigenvalue weighted by molar-refractivity contribution is -0.123. The van der Waals surface area contributed by atoms with Crippen molar-refractivity contribution in [3.05, 3.63) is 59.2 Å². The van der Waals surface area contributed by atoms with E-state index in [-0.39, 0.29) is 11.8 Å². The van der Waals surface area contributed by atoms with Crippen LogP contribution in [0.4, 0.5) is 5.69 Å². The van der Waals surface area contributed by atoms with Gasteiger partial charge in [0.05, 0.1) is 5.92 Å². The quantitative estimate of drug-likeness (QED) is 0.915. The topological polar surface area (TPSA) is 72.6 Å². The number of carbonyl (C=O) groups is 2. The van der Waals surface area contributed by atoms with Gasteiger partial charge in [0.15, 0.2) is 0 Å². The highest BCUT2D eigenvalue weighted by Gasteiger charge is 2.33. The highest BCUT2D eigenvalue weighted by molar-refractivity contribution is 6.01. The summed E-state index contributed by atoms with van der Waals surface area (Å²) in [6, 6.07) is 13.3. The second-order valence-corrected chi connectivity index (χ2v) is 6.58. The first-order chi connectivity index (χ1) is 12.1. The lowest BCUT2D eigenvalue weighted by Gasteiger charge is -2.34. The van der Waals surface area contributed by atoms with E-state index in [1.807, 2.05) is 30.3 Å². The predicted octanol–water partition coefficient (Wildman–Crippen LogP) is 2.32. The van der Waals surface area contributed by atoms with E-state index >= 15 is 0 Å². The normalized spacial score (nSPS) is 18.7. The molecular weight excluding hydrogens is 316 g/mol. The average molecular weight is 336 g/mol. The minimum absolute atomic E-state index is 0.0528. The molecule has 25 heavy (non-hydrogen) atoms. The lowest BCUT2D eigenvalue weighted by Crippen LogP contribution is -2.43. The van der Waals surface area contributed by atoms with Gasteiger partial charge >= 0.3 is 0 Å². The number of nitrogens with zero attached hydrogens (tertiary/aromatic N) is 1. The number of fused-ring (bicyclic) bond motifs is 2. The number of carbonyl (C=O) groups excluding carboxylic acids is 2. The van der Waals surface area contributed by atoms with Crippen molar-refractivity contribution in [3.8, 4) is 5.75 Å². The molecule has 4 rings (SSSR count). The molecular formula is C20H20N2O3. The summed E-state index contributed by atoms with van der Waals surface area (Å²) in [7, 11) is 0. The standard InChI is InChI=1S/C20H20N2O3/c21-19(23)16-6-3-8-17-15(16)7-4-10-22(17)20(24)14-11-13-5-1-2-9-18(13)25-12-14/h1-3,5-6,8-9,14H,4,7,10-12H2,(H2,21,23)/t14-/m1/s1. The molecule has 2 aliphatic rings. The van der Waals surface area contributed by atoms with Crippen LogP contribution in [0.2, 0.25) is 0 Å². The minimum Gasteiger partial charge on any atom is -0.492 e. The zero-order valence-electron chi connectivity index (χ0n) is 13.9. The third-order valence-electron chi connectivity index (χ3n) is 5.01. The van der Waals surface area contributed by atoms with Crippen LogP contribution in [-0.2, 0) is 17.6 Å². The van der Waals surface area contributed by atoms with Gasteiger partial charge in [-0.15, -0.1) is 0 Å². The summed E-state index contributed by atoms with van der Waals surface area (Å²) < 4.78 is 5.78. The number of para-hydroxylation sites is 1. The molecule has 2 heterocycles. The Kier molecular flexibility index (Phi) is 3.92. The van der Waals surface area contributed by atoms with Gasteiger partial charge in [-0.25, -0.2) is 0 Å². The predicted molar refractivity (Wildman–Crippen MR) is 94.8 cm³/mol. The second kappa shape index (κ2) is 6.24. The fraction of sp³-hybridized carbons (Fsp3) is 0.300. The summed E-state index contributed by atoms with van der Waals surface area (Å²) in [6.07, 6.45) is 2.27. The van der Waals surface area contributed by atoms with Crippen molar-refractivity contribution in [1.82, 2.24) is 0 Å². The Bertz CT molecular complexity index is 847. The van der Waals surface area contributed by atoms with Crippen LogP contribution in [0.5, 0.6) is 5.75 Å². The molecule has 2 N–H and O–H groups in total. The Morgan fingerprint density at radius 3 is 2.80 bits per heavy atom. The first-order valence-corrected chi connectivity index (χ1v) is 8.59. The number of amides is 2. The van der Waals surface area contributed by atoms with Crippen LogP contribution in [0.25, 0.3) is 0 Å². The van der Waals surface area contributed by atoms with Gasteiger partial charge in [-0.05, 0) is 48.6 Å². The van der Waals surface area contributed by atoms with Gasteiger partial charge in [0.2, 0.25) is 11.8 Å². The summed E-state index contributed by atoms with van der Waals surface area (Å²) in [4.78, 5) is 26.6. The molecule has 0 saturated carbocycles. The van der Waals surface area contributed by atoms with Crippen molar-refractivity contribution in [3.63, 3.8) is 0 Å². The molecule has 128 valence electrons. The van der Waals surface area contributed by atoms with Gasteiger partial charge < -0.3 is 15.4 Å². The van der Waals surface area contributed by atoms with Crippen molar-refractivity contribution < 1.29 is 14.3 Å². The van der Waals surface area contributed by atoms with Crippen molar-refractivity contribution in [2.45, 2.75) is 19.3 Å². The number of rotatable bonds is 2. The monoisotopic (exact) mass is 336 g/mol. The molecule has 2 aliphatic heterocycles. The van der Waals surface area contributed by atoms with Crippen molar-refractivity contribution in [2.24, 2.45) is 11.7 Å². The van der Waals surface area contributed by atoms with Crippen LogP contribution >= 0.6 is 0 Å². The van der Waals surface area contributed by atoms with E-state index in [0.29, 0.717) is 25.1 Å². The largest absolute Gasteiger partial charge is 0.492 e. The molecule has 1 atom stereocenters. The maximum atomic E-state index is 13.1. The van der Waals surface area contributed by atoms with Gasteiger partial charge in [-0.3, -0.25) is 9.59 Å². The number of benzene rings is 2.